The van der Waals surface area contributed by atoms with Crippen molar-refractivity contribution in [2.45, 2.75) is 44.2 Å². The highest BCUT2D eigenvalue weighted by Crippen LogP contribution is 2.29. The number of furan rings is 1. The Hall–Kier alpha value is -2.40. The first-order valence-corrected chi connectivity index (χ1v) is 14.0. The Bertz CT molecular complexity index is 1160. The zero-order chi connectivity index (χ0) is 26.0. The minimum absolute atomic E-state index is 0.0322. The number of rotatable bonds is 7. The zero-order valence-electron chi connectivity index (χ0n) is 22.0. The molecule has 1 aromatic carbocycles. The predicted molar refractivity (Wildman–Crippen MR) is 138 cm³/mol. The van der Waals surface area contributed by atoms with Crippen molar-refractivity contribution in [1.82, 2.24) is 19.0 Å². The van der Waals surface area contributed by atoms with Crippen molar-refractivity contribution in [1.29, 1.82) is 0 Å². The summed E-state index contributed by atoms with van der Waals surface area (Å²) >= 11 is 0. The van der Waals surface area contributed by atoms with Crippen molar-refractivity contribution in [3.05, 3.63) is 46.9 Å². The Kier molecular flexibility index (Phi) is 8.09. The van der Waals surface area contributed by atoms with Gasteiger partial charge in [0.1, 0.15) is 11.5 Å². The third kappa shape index (κ3) is 5.61. The number of likely N-dealkylation sites (tertiary alicyclic amines) is 1. The van der Waals surface area contributed by atoms with Crippen LogP contribution in [0.3, 0.4) is 0 Å². The lowest BCUT2D eigenvalue weighted by molar-refractivity contribution is 0.0450. The summed E-state index contributed by atoms with van der Waals surface area (Å²) in [6.45, 7) is 8.88. The molecule has 0 spiro atoms. The van der Waals surface area contributed by atoms with Crippen LogP contribution in [0.15, 0.2) is 33.6 Å². The highest BCUT2D eigenvalue weighted by molar-refractivity contribution is 7.89. The van der Waals surface area contributed by atoms with Crippen LogP contribution in [0.1, 0.15) is 40.3 Å². The number of carbonyl (C=O) groups is 1. The molecule has 0 atom stereocenters. The highest BCUT2D eigenvalue weighted by atomic mass is 32.2. The molecule has 0 unspecified atom stereocenters. The number of carbonyl (C=O) groups excluding carboxylic acids is 1. The molecule has 1 amide bonds. The molecule has 2 aliphatic rings. The van der Waals surface area contributed by atoms with Crippen molar-refractivity contribution in [3.63, 3.8) is 0 Å². The Morgan fingerprint density at radius 3 is 2.25 bits per heavy atom. The Morgan fingerprint density at radius 1 is 1.06 bits per heavy atom. The lowest BCUT2D eigenvalue weighted by atomic mass is 10.0. The van der Waals surface area contributed by atoms with Gasteiger partial charge in [0.15, 0.2) is 5.76 Å². The summed E-state index contributed by atoms with van der Waals surface area (Å²) in [7, 11) is 1.48. The fraction of sp³-hybridized carbons (Fsp3) is 0.577. The second-order valence-corrected chi connectivity index (χ2v) is 12.0. The molecule has 10 heteroatoms. The second kappa shape index (κ2) is 10.9. The molecular formula is C26H38N4O5S. The standard InChI is InChI=1S/C26H38N4O5S/c1-19-16-23(34-5)17-20(2)25(19)36(32,33)28(4)18-22-6-7-24(35-22)26(31)30-14-12-29(13-15-30)21-8-10-27(3)11-9-21/h6-7,16-17,21H,8-15,18H2,1-5H3. The zero-order valence-corrected chi connectivity index (χ0v) is 22.8. The fourth-order valence-corrected chi connectivity index (χ4v) is 6.82. The lowest BCUT2D eigenvalue weighted by Gasteiger charge is -2.42. The van der Waals surface area contributed by atoms with Crippen molar-refractivity contribution in [3.8, 4) is 5.75 Å². The van der Waals surface area contributed by atoms with E-state index in [2.05, 4.69) is 16.8 Å². The molecule has 0 radical (unpaired) electrons. The third-order valence-electron chi connectivity index (χ3n) is 7.39. The van der Waals surface area contributed by atoms with E-state index in [1.165, 1.54) is 24.2 Å². The first-order valence-electron chi connectivity index (χ1n) is 12.5. The van der Waals surface area contributed by atoms with E-state index in [0.29, 0.717) is 41.8 Å². The molecule has 0 bridgehead atoms. The van der Waals surface area contributed by atoms with Gasteiger partial charge in [0.2, 0.25) is 10.0 Å². The van der Waals surface area contributed by atoms with Crippen molar-refractivity contribution in [2.24, 2.45) is 0 Å². The number of amides is 1. The second-order valence-electron chi connectivity index (χ2n) is 9.98. The summed E-state index contributed by atoms with van der Waals surface area (Å²) in [4.78, 5) is 20.0. The fourth-order valence-electron chi connectivity index (χ4n) is 5.28. The monoisotopic (exact) mass is 518 g/mol. The molecule has 198 valence electrons. The molecule has 9 nitrogen and oxygen atoms in total. The van der Waals surface area contributed by atoms with Crippen molar-refractivity contribution >= 4 is 15.9 Å². The molecule has 1 aromatic heterocycles. The Balaban J connectivity index is 1.37. The summed E-state index contributed by atoms with van der Waals surface area (Å²) in [6.07, 6.45) is 2.36. The summed E-state index contributed by atoms with van der Waals surface area (Å²) in [5.41, 5.74) is 1.24. The molecule has 2 aromatic rings. The Labute approximate surface area is 214 Å². The van der Waals surface area contributed by atoms with E-state index in [9.17, 15) is 13.2 Å². The number of hydrogen-bond donors (Lipinski definition) is 0. The van der Waals surface area contributed by atoms with Crippen LogP contribution < -0.4 is 4.74 Å². The molecule has 2 aliphatic heterocycles. The molecule has 0 saturated carbocycles. The molecule has 2 fully saturated rings. The maximum atomic E-state index is 13.3. The van der Waals surface area contributed by atoms with Crippen LogP contribution >= 0.6 is 0 Å². The van der Waals surface area contributed by atoms with E-state index < -0.39 is 10.0 Å². The van der Waals surface area contributed by atoms with Gasteiger partial charge in [-0.25, -0.2) is 8.42 Å². The molecule has 36 heavy (non-hydrogen) atoms. The van der Waals surface area contributed by atoms with Crippen LogP contribution in [0.5, 0.6) is 5.75 Å². The third-order valence-corrected chi connectivity index (χ3v) is 9.50. The van der Waals surface area contributed by atoms with Crippen LogP contribution in [0, 0.1) is 13.8 Å². The number of hydrogen-bond acceptors (Lipinski definition) is 7. The lowest BCUT2D eigenvalue weighted by Crippen LogP contribution is -2.54. The van der Waals surface area contributed by atoms with E-state index in [0.717, 1.165) is 26.2 Å². The predicted octanol–water partition coefficient (Wildman–Crippen LogP) is 2.58. The molecule has 0 aliphatic carbocycles. The van der Waals surface area contributed by atoms with Gasteiger partial charge in [0.05, 0.1) is 18.6 Å². The van der Waals surface area contributed by atoms with Gasteiger partial charge in [-0.3, -0.25) is 9.69 Å². The minimum atomic E-state index is -3.76. The van der Waals surface area contributed by atoms with Gasteiger partial charge in [-0.15, -0.1) is 0 Å². The molecular weight excluding hydrogens is 480 g/mol. The van der Waals surface area contributed by atoms with Gasteiger partial charge >= 0.3 is 0 Å². The maximum absolute atomic E-state index is 13.3. The number of aryl methyl sites for hydroxylation is 2. The van der Waals surface area contributed by atoms with Crippen molar-refractivity contribution in [2.75, 3.05) is 60.5 Å². The van der Waals surface area contributed by atoms with Crippen LogP contribution in [0.4, 0.5) is 0 Å². The number of benzene rings is 1. The van der Waals surface area contributed by atoms with E-state index in [-0.39, 0.29) is 23.1 Å². The van der Waals surface area contributed by atoms with Crippen LogP contribution in [0.25, 0.3) is 0 Å². The SMILES string of the molecule is COc1cc(C)c(S(=O)(=O)N(C)Cc2ccc(C(=O)N3CCN(C4CCN(C)CC4)CC3)o2)c(C)c1. The van der Waals surface area contributed by atoms with Gasteiger partial charge < -0.3 is 19.0 Å². The first kappa shape index (κ1) is 26.7. The quantitative estimate of drug-likeness (QED) is 0.557. The highest BCUT2D eigenvalue weighted by Gasteiger charge is 2.30. The van der Waals surface area contributed by atoms with Crippen LogP contribution in [0.2, 0.25) is 0 Å². The van der Waals surface area contributed by atoms with Crippen LogP contribution in [-0.4, -0.2) is 99.8 Å². The van der Waals surface area contributed by atoms with E-state index in [4.69, 9.17) is 9.15 Å². The van der Waals surface area contributed by atoms with Gasteiger partial charge in [-0.05, 0) is 82.2 Å². The topological polar surface area (TPSA) is 86.5 Å². The van der Waals surface area contributed by atoms with Gasteiger partial charge in [-0.2, -0.15) is 4.31 Å². The molecule has 0 N–H and O–H groups in total. The normalized spacial score (nSPS) is 18.7. The number of sulfonamides is 1. The first-order chi connectivity index (χ1) is 17.1. The summed E-state index contributed by atoms with van der Waals surface area (Å²) in [5, 5.41) is 0. The van der Waals surface area contributed by atoms with Gasteiger partial charge in [0.25, 0.3) is 5.91 Å². The van der Waals surface area contributed by atoms with Gasteiger partial charge in [-0.1, -0.05) is 0 Å². The average molecular weight is 519 g/mol. The Morgan fingerprint density at radius 2 is 1.67 bits per heavy atom. The van der Waals surface area contributed by atoms with E-state index in [1.807, 2.05) is 4.90 Å². The largest absolute Gasteiger partial charge is 0.497 e. The summed E-state index contributed by atoms with van der Waals surface area (Å²) in [5.74, 6) is 1.16. The summed E-state index contributed by atoms with van der Waals surface area (Å²) in [6, 6.07) is 7.35. The number of ether oxygens (including phenoxy) is 1. The molecule has 2 saturated heterocycles. The van der Waals surface area contributed by atoms with Crippen LogP contribution in [-0.2, 0) is 16.6 Å². The number of piperidine rings is 1. The average Bonchev–Trinajstić information content (AvgIpc) is 3.32. The van der Waals surface area contributed by atoms with E-state index >= 15 is 0 Å². The summed E-state index contributed by atoms with van der Waals surface area (Å²) < 4.78 is 38.9. The molecule has 4 rings (SSSR count). The number of nitrogens with zero attached hydrogens (tertiary/aromatic N) is 4. The number of methoxy groups -OCH3 is 1. The molecule has 3 heterocycles. The van der Waals surface area contributed by atoms with Gasteiger partial charge in [0, 0.05) is 39.3 Å². The van der Waals surface area contributed by atoms with E-state index in [1.54, 1.807) is 45.2 Å². The smallest absolute Gasteiger partial charge is 0.289 e. The number of piperazine rings is 1. The minimum Gasteiger partial charge on any atom is -0.497 e. The maximum Gasteiger partial charge on any atom is 0.289 e. The van der Waals surface area contributed by atoms with Crippen molar-refractivity contribution < 1.29 is 22.4 Å².